The highest BCUT2D eigenvalue weighted by Crippen LogP contribution is 2.16. The summed E-state index contributed by atoms with van der Waals surface area (Å²) in [6.07, 6.45) is 0.961. The Morgan fingerprint density at radius 2 is 2.09 bits per heavy atom. The Bertz CT molecular complexity index is 563. The van der Waals surface area contributed by atoms with Crippen molar-refractivity contribution in [3.05, 3.63) is 23.4 Å². The Balaban J connectivity index is 2.15. The minimum Gasteiger partial charge on any atom is -0.389 e. The Morgan fingerprint density at radius 3 is 2.73 bits per heavy atom. The normalized spacial score (nSPS) is 18.8. The first-order valence-corrected chi connectivity index (χ1v) is 7.33. The lowest BCUT2D eigenvalue weighted by Gasteiger charge is -2.23. The van der Waals surface area contributed by atoms with E-state index < -0.39 is 6.10 Å². The van der Waals surface area contributed by atoms with E-state index in [2.05, 4.69) is 9.97 Å². The van der Waals surface area contributed by atoms with E-state index in [1.165, 1.54) is 0 Å². The number of aromatic nitrogens is 2. The van der Waals surface area contributed by atoms with E-state index in [4.69, 9.17) is 5.73 Å². The fourth-order valence-electron chi connectivity index (χ4n) is 2.47. The minimum atomic E-state index is -0.631. The van der Waals surface area contributed by atoms with Crippen LogP contribution in [0.3, 0.4) is 0 Å². The zero-order chi connectivity index (χ0) is 16.3. The number of carbonyl (C=O) groups excluding carboxylic acids is 1. The average molecular weight is 305 g/mol. The van der Waals surface area contributed by atoms with Gasteiger partial charge in [0.15, 0.2) is 0 Å². The fraction of sp³-hybridized carbons (Fsp3) is 0.533. The first kappa shape index (κ1) is 16.2. The maximum absolute atomic E-state index is 12.1. The molecule has 2 rings (SSSR count). The number of hydrogen-bond donors (Lipinski definition) is 2. The van der Waals surface area contributed by atoms with Crippen molar-refractivity contribution >= 4 is 17.7 Å². The summed E-state index contributed by atoms with van der Waals surface area (Å²) in [6, 6.07) is 1.83. The summed E-state index contributed by atoms with van der Waals surface area (Å²) in [5, 5.41) is 10.2. The number of carbonyl (C=O) groups is 1. The van der Waals surface area contributed by atoms with Gasteiger partial charge in [0.1, 0.15) is 5.82 Å². The molecule has 1 amide bonds. The van der Waals surface area contributed by atoms with E-state index in [-0.39, 0.29) is 11.9 Å². The van der Waals surface area contributed by atoms with Crippen molar-refractivity contribution in [1.29, 1.82) is 0 Å². The van der Waals surface area contributed by atoms with E-state index in [1.807, 2.05) is 31.7 Å². The van der Waals surface area contributed by atoms with Gasteiger partial charge in [-0.15, -0.1) is 0 Å². The molecule has 7 heteroatoms. The van der Waals surface area contributed by atoms with Gasteiger partial charge in [-0.1, -0.05) is 5.57 Å². The summed E-state index contributed by atoms with van der Waals surface area (Å²) in [7, 11) is 0. The van der Waals surface area contributed by atoms with E-state index in [0.29, 0.717) is 32.0 Å². The summed E-state index contributed by atoms with van der Waals surface area (Å²) in [4.78, 5) is 24.0. The molecule has 7 nitrogen and oxygen atoms in total. The van der Waals surface area contributed by atoms with Crippen LogP contribution in [0.15, 0.2) is 17.7 Å². The molecule has 2 heterocycles. The van der Waals surface area contributed by atoms with Gasteiger partial charge < -0.3 is 20.6 Å². The quantitative estimate of drug-likeness (QED) is 0.765. The van der Waals surface area contributed by atoms with Gasteiger partial charge in [0.25, 0.3) is 0 Å². The second kappa shape index (κ2) is 6.74. The molecular weight excluding hydrogens is 282 g/mol. The molecule has 0 radical (unpaired) electrons. The highest BCUT2D eigenvalue weighted by molar-refractivity contribution is 5.88. The van der Waals surface area contributed by atoms with Crippen LogP contribution < -0.4 is 10.6 Å². The van der Waals surface area contributed by atoms with E-state index >= 15 is 0 Å². The van der Waals surface area contributed by atoms with Crippen LogP contribution in [0, 0.1) is 6.92 Å². The number of allylic oxidation sites excluding steroid dienone is 1. The van der Waals surface area contributed by atoms with Crippen LogP contribution >= 0.6 is 0 Å². The largest absolute Gasteiger partial charge is 0.389 e. The first-order valence-electron chi connectivity index (χ1n) is 7.33. The first-order chi connectivity index (χ1) is 10.3. The van der Waals surface area contributed by atoms with Gasteiger partial charge in [0.05, 0.1) is 6.10 Å². The predicted octanol–water partition coefficient (Wildman–Crippen LogP) is 0.343. The molecule has 0 aromatic carbocycles. The molecule has 0 spiro atoms. The Labute approximate surface area is 130 Å². The lowest BCUT2D eigenvalue weighted by molar-refractivity contribution is -0.126. The van der Waals surface area contributed by atoms with Gasteiger partial charge in [0.2, 0.25) is 11.9 Å². The molecule has 1 aromatic rings. The van der Waals surface area contributed by atoms with Gasteiger partial charge in [0, 0.05) is 44.0 Å². The number of nitrogens with zero attached hydrogens (tertiary/aromatic N) is 4. The van der Waals surface area contributed by atoms with Gasteiger partial charge in [-0.3, -0.25) is 4.79 Å². The molecule has 1 aromatic heterocycles. The third-order valence-electron chi connectivity index (χ3n) is 3.41. The van der Waals surface area contributed by atoms with Crippen LogP contribution in [0.5, 0.6) is 0 Å². The third kappa shape index (κ3) is 4.17. The monoisotopic (exact) mass is 305 g/mol. The second-order valence-corrected chi connectivity index (χ2v) is 5.83. The smallest absolute Gasteiger partial charge is 0.246 e. The van der Waals surface area contributed by atoms with Crippen molar-refractivity contribution in [1.82, 2.24) is 14.9 Å². The maximum Gasteiger partial charge on any atom is 0.246 e. The SMILES string of the molecule is CC(C)=CC(=O)N1CCN(c2cc(C)nc(N)n2)C[C@H](O)C1. The molecule has 0 unspecified atom stereocenters. The number of rotatable bonds is 2. The number of aryl methyl sites for hydroxylation is 1. The van der Waals surface area contributed by atoms with Gasteiger partial charge in [-0.05, 0) is 20.8 Å². The van der Waals surface area contributed by atoms with Gasteiger partial charge in [-0.2, -0.15) is 4.98 Å². The van der Waals surface area contributed by atoms with E-state index in [9.17, 15) is 9.90 Å². The van der Waals surface area contributed by atoms with Crippen molar-refractivity contribution < 1.29 is 9.90 Å². The lowest BCUT2D eigenvalue weighted by Crippen LogP contribution is -2.36. The number of anilines is 2. The molecular formula is C15H23N5O2. The third-order valence-corrected chi connectivity index (χ3v) is 3.41. The summed E-state index contributed by atoms with van der Waals surface area (Å²) in [5.74, 6) is 0.825. The number of hydrogen-bond acceptors (Lipinski definition) is 6. The topological polar surface area (TPSA) is 95.6 Å². The molecule has 3 N–H and O–H groups in total. The molecule has 0 saturated carbocycles. The zero-order valence-corrected chi connectivity index (χ0v) is 13.3. The molecule has 1 aliphatic heterocycles. The standard InChI is InChI=1S/C15H23N5O2/c1-10(2)6-14(22)20-5-4-19(8-12(21)9-20)13-7-11(3)17-15(16)18-13/h6-7,12,21H,4-5,8-9H2,1-3H3,(H2,16,17,18)/t12-/m0/s1. The van der Waals surface area contributed by atoms with Crippen molar-refractivity contribution in [2.75, 3.05) is 36.8 Å². The van der Waals surface area contributed by atoms with Crippen molar-refractivity contribution in [3.8, 4) is 0 Å². The maximum atomic E-state index is 12.1. The fourth-order valence-corrected chi connectivity index (χ4v) is 2.47. The Hall–Kier alpha value is -2.15. The molecule has 1 fully saturated rings. The summed E-state index contributed by atoms with van der Waals surface area (Å²) < 4.78 is 0. The number of aliphatic hydroxyl groups is 1. The zero-order valence-electron chi connectivity index (χ0n) is 13.3. The second-order valence-electron chi connectivity index (χ2n) is 5.83. The molecule has 22 heavy (non-hydrogen) atoms. The molecule has 1 atom stereocenters. The van der Waals surface area contributed by atoms with Crippen LogP contribution in [-0.2, 0) is 4.79 Å². The van der Waals surface area contributed by atoms with Crippen LogP contribution in [0.25, 0.3) is 0 Å². The molecule has 120 valence electrons. The van der Waals surface area contributed by atoms with Gasteiger partial charge in [-0.25, -0.2) is 4.98 Å². The molecule has 1 saturated heterocycles. The number of amides is 1. The molecule has 0 bridgehead atoms. The number of nitrogens with two attached hydrogens (primary N) is 1. The predicted molar refractivity (Wildman–Crippen MR) is 85.4 cm³/mol. The highest BCUT2D eigenvalue weighted by atomic mass is 16.3. The number of β-amino-alcohol motifs (C(OH)–C–C–N with tert-alkyl or cyclic N) is 1. The van der Waals surface area contributed by atoms with Crippen LogP contribution in [0.1, 0.15) is 19.5 Å². The van der Waals surface area contributed by atoms with Crippen LogP contribution in [0.2, 0.25) is 0 Å². The molecule has 1 aliphatic rings. The van der Waals surface area contributed by atoms with E-state index in [1.54, 1.807) is 11.0 Å². The van der Waals surface area contributed by atoms with Crippen LogP contribution in [-0.4, -0.2) is 58.2 Å². The minimum absolute atomic E-state index is 0.0701. The molecule has 0 aliphatic carbocycles. The highest BCUT2D eigenvalue weighted by Gasteiger charge is 2.24. The Kier molecular flexibility index (Phi) is 4.97. The number of nitrogen functional groups attached to an aromatic ring is 1. The summed E-state index contributed by atoms with van der Waals surface area (Å²) in [6.45, 7) is 7.46. The van der Waals surface area contributed by atoms with Crippen LogP contribution in [0.4, 0.5) is 11.8 Å². The van der Waals surface area contributed by atoms with Crippen molar-refractivity contribution in [3.63, 3.8) is 0 Å². The lowest BCUT2D eigenvalue weighted by atomic mass is 10.2. The van der Waals surface area contributed by atoms with Crippen molar-refractivity contribution in [2.24, 2.45) is 0 Å². The number of aliphatic hydroxyl groups excluding tert-OH is 1. The summed E-state index contributed by atoms with van der Waals surface area (Å²) in [5.41, 5.74) is 7.41. The van der Waals surface area contributed by atoms with E-state index in [0.717, 1.165) is 11.3 Å². The Morgan fingerprint density at radius 1 is 1.36 bits per heavy atom. The summed E-state index contributed by atoms with van der Waals surface area (Å²) >= 11 is 0. The van der Waals surface area contributed by atoms with Crippen molar-refractivity contribution in [2.45, 2.75) is 26.9 Å². The van der Waals surface area contributed by atoms with Gasteiger partial charge >= 0.3 is 0 Å². The average Bonchev–Trinajstić information content (AvgIpc) is 2.58.